The first-order valence-corrected chi connectivity index (χ1v) is 10.0. The molecule has 0 spiro atoms. The highest BCUT2D eigenvalue weighted by Gasteiger charge is 2.14. The van der Waals surface area contributed by atoms with Gasteiger partial charge in [0.15, 0.2) is 0 Å². The number of aromatic nitrogens is 2. The molecule has 5 nitrogen and oxygen atoms in total. The number of carbonyl (C=O) groups excluding carboxylic acids is 1. The Kier molecular flexibility index (Phi) is 6.34. The van der Waals surface area contributed by atoms with Gasteiger partial charge in [-0.05, 0) is 30.7 Å². The van der Waals surface area contributed by atoms with Crippen molar-refractivity contribution in [2.45, 2.75) is 25.8 Å². The fraction of sp³-hybridized carbons (Fsp3) is 0.300. The molecule has 0 fully saturated rings. The summed E-state index contributed by atoms with van der Waals surface area (Å²) in [6.07, 6.45) is 0. The highest BCUT2D eigenvalue weighted by Crippen LogP contribution is 2.15. The van der Waals surface area contributed by atoms with Crippen LogP contribution < -0.4 is 11.0 Å². The average molecular weight is 387 g/mol. The normalized spacial score (nSPS) is 11.0. The molecule has 27 heavy (non-hydrogen) atoms. The average Bonchev–Trinajstić information content (AvgIpc) is 2.94. The number of rotatable bonds is 8. The van der Waals surface area contributed by atoms with E-state index in [1.807, 2.05) is 37.3 Å². The Balaban J connectivity index is 1.53. The molecule has 7 heteroatoms. The maximum absolute atomic E-state index is 13.5. The molecule has 1 heterocycles. The topological polar surface area (TPSA) is 56.0 Å². The van der Waals surface area contributed by atoms with Crippen LogP contribution in [0.2, 0.25) is 0 Å². The Hall–Kier alpha value is -2.54. The summed E-state index contributed by atoms with van der Waals surface area (Å²) in [7, 11) is 0. The minimum atomic E-state index is -0.208. The third-order valence-electron chi connectivity index (χ3n) is 4.33. The molecule has 1 amide bonds. The van der Waals surface area contributed by atoms with Crippen molar-refractivity contribution >= 4 is 28.7 Å². The number of hydrogen-bond donors (Lipinski definition) is 1. The minimum Gasteiger partial charge on any atom is -0.354 e. The molecule has 1 N–H and O–H groups in total. The number of halogens is 1. The third kappa shape index (κ3) is 4.42. The number of benzene rings is 2. The second kappa shape index (κ2) is 8.90. The van der Waals surface area contributed by atoms with E-state index in [4.69, 9.17) is 0 Å². The maximum Gasteiger partial charge on any atom is 0.329 e. The zero-order valence-electron chi connectivity index (χ0n) is 15.2. The quantitative estimate of drug-likeness (QED) is 0.605. The number of para-hydroxylation sites is 2. The van der Waals surface area contributed by atoms with Crippen LogP contribution in [0.3, 0.4) is 0 Å². The molecular formula is C20H22FN3O2S. The molecule has 0 aliphatic carbocycles. The highest BCUT2D eigenvalue weighted by molar-refractivity contribution is 7.98. The van der Waals surface area contributed by atoms with E-state index in [9.17, 15) is 14.0 Å². The Labute approximate surface area is 161 Å². The number of nitrogens with one attached hydrogen (secondary N) is 1. The summed E-state index contributed by atoms with van der Waals surface area (Å²) in [4.78, 5) is 24.8. The Bertz CT molecular complexity index is 996. The van der Waals surface area contributed by atoms with Gasteiger partial charge in [-0.15, -0.1) is 0 Å². The highest BCUT2D eigenvalue weighted by atomic mass is 32.2. The van der Waals surface area contributed by atoms with Crippen molar-refractivity contribution in [3.8, 4) is 0 Å². The van der Waals surface area contributed by atoms with E-state index in [2.05, 4.69) is 5.32 Å². The van der Waals surface area contributed by atoms with Crippen LogP contribution in [0.25, 0.3) is 11.0 Å². The van der Waals surface area contributed by atoms with Gasteiger partial charge in [0.2, 0.25) is 5.91 Å². The number of carbonyl (C=O) groups is 1. The van der Waals surface area contributed by atoms with Crippen LogP contribution in [-0.2, 0) is 23.6 Å². The van der Waals surface area contributed by atoms with Gasteiger partial charge in [0.25, 0.3) is 0 Å². The molecule has 3 rings (SSSR count). The molecule has 0 atom stereocenters. The van der Waals surface area contributed by atoms with E-state index < -0.39 is 0 Å². The van der Waals surface area contributed by atoms with E-state index in [1.54, 1.807) is 28.5 Å². The molecule has 0 aliphatic heterocycles. The van der Waals surface area contributed by atoms with E-state index in [1.165, 1.54) is 10.6 Å². The lowest BCUT2D eigenvalue weighted by molar-refractivity contribution is -0.121. The lowest BCUT2D eigenvalue weighted by atomic mass is 10.2. The summed E-state index contributed by atoms with van der Waals surface area (Å²) in [5.74, 6) is 0.820. The van der Waals surface area contributed by atoms with Crippen molar-refractivity contribution in [3.05, 3.63) is 70.4 Å². The number of amides is 1. The molecule has 0 saturated carbocycles. The SMILES string of the molecule is CCn1c(=O)n(CC(=O)NCCSCc2ccccc2F)c2ccccc21. The van der Waals surface area contributed by atoms with Gasteiger partial charge >= 0.3 is 5.69 Å². The largest absolute Gasteiger partial charge is 0.354 e. The fourth-order valence-electron chi connectivity index (χ4n) is 2.99. The van der Waals surface area contributed by atoms with Crippen molar-refractivity contribution < 1.29 is 9.18 Å². The number of hydrogen-bond acceptors (Lipinski definition) is 3. The third-order valence-corrected chi connectivity index (χ3v) is 5.33. The first kappa shape index (κ1) is 19.2. The van der Waals surface area contributed by atoms with Crippen LogP contribution in [0.5, 0.6) is 0 Å². The van der Waals surface area contributed by atoms with Crippen LogP contribution in [-0.4, -0.2) is 27.3 Å². The Morgan fingerprint density at radius 2 is 1.74 bits per heavy atom. The van der Waals surface area contributed by atoms with Crippen LogP contribution in [0, 0.1) is 5.82 Å². The predicted molar refractivity (Wildman–Crippen MR) is 107 cm³/mol. The lowest BCUT2D eigenvalue weighted by Crippen LogP contribution is -2.34. The summed E-state index contributed by atoms with van der Waals surface area (Å²) in [5.41, 5.74) is 2.07. The van der Waals surface area contributed by atoms with Crippen LogP contribution in [0.15, 0.2) is 53.3 Å². The Morgan fingerprint density at radius 1 is 1.07 bits per heavy atom. The number of nitrogens with zero attached hydrogens (tertiary/aromatic N) is 2. The summed E-state index contributed by atoms with van der Waals surface area (Å²) < 4.78 is 16.7. The molecule has 0 aliphatic rings. The molecule has 0 unspecified atom stereocenters. The van der Waals surface area contributed by atoms with Gasteiger partial charge in [-0.2, -0.15) is 11.8 Å². The first-order chi connectivity index (χ1) is 13.1. The zero-order valence-corrected chi connectivity index (χ0v) is 16.0. The molecule has 3 aromatic rings. The van der Waals surface area contributed by atoms with Crippen LogP contribution in [0.1, 0.15) is 12.5 Å². The predicted octanol–water partition coefficient (Wildman–Crippen LogP) is 3.01. The zero-order chi connectivity index (χ0) is 19.2. The molecule has 1 aromatic heterocycles. The summed E-state index contributed by atoms with van der Waals surface area (Å²) in [6.45, 7) is 2.93. The first-order valence-electron chi connectivity index (χ1n) is 8.87. The standard InChI is InChI=1S/C20H22FN3O2S/c1-2-23-17-9-5-6-10-18(17)24(20(23)26)13-19(25)22-11-12-27-14-15-7-3-4-8-16(15)21/h3-10H,2,11-14H2,1H3,(H,22,25). The van der Waals surface area contributed by atoms with Crippen molar-refractivity contribution in [2.24, 2.45) is 0 Å². The van der Waals surface area contributed by atoms with E-state index in [-0.39, 0.29) is 24.0 Å². The van der Waals surface area contributed by atoms with Crippen molar-refractivity contribution in [1.82, 2.24) is 14.5 Å². The monoisotopic (exact) mass is 387 g/mol. The molecule has 0 radical (unpaired) electrons. The molecule has 2 aromatic carbocycles. The van der Waals surface area contributed by atoms with Gasteiger partial charge in [-0.1, -0.05) is 30.3 Å². The van der Waals surface area contributed by atoms with Gasteiger partial charge in [0.05, 0.1) is 11.0 Å². The van der Waals surface area contributed by atoms with E-state index >= 15 is 0 Å². The van der Waals surface area contributed by atoms with E-state index in [0.29, 0.717) is 30.2 Å². The van der Waals surface area contributed by atoms with Gasteiger partial charge in [-0.3, -0.25) is 13.9 Å². The molecule has 142 valence electrons. The van der Waals surface area contributed by atoms with Crippen LogP contribution >= 0.6 is 11.8 Å². The summed E-state index contributed by atoms with van der Waals surface area (Å²) in [6, 6.07) is 14.2. The number of aryl methyl sites for hydroxylation is 1. The summed E-state index contributed by atoms with van der Waals surface area (Å²) in [5, 5.41) is 2.83. The molecular weight excluding hydrogens is 365 g/mol. The van der Waals surface area contributed by atoms with E-state index in [0.717, 1.165) is 11.0 Å². The minimum absolute atomic E-state index is 0.00960. The number of thioether (sulfide) groups is 1. The van der Waals surface area contributed by atoms with Gasteiger partial charge < -0.3 is 5.32 Å². The fourth-order valence-corrected chi connectivity index (χ4v) is 3.84. The smallest absolute Gasteiger partial charge is 0.329 e. The van der Waals surface area contributed by atoms with Gasteiger partial charge in [-0.25, -0.2) is 9.18 Å². The van der Waals surface area contributed by atoms with Crippen LogP contribution in [0.4, 0.5) is 4.39 Å². The maximum atomic E-state index is 13.5. The van der Waals surface area contributed by atoms with Crippen molar-refractivity contribution in [3.63, 3.8) is 0 Å². The number of imidazole rings is 1. The van der Waals surface area contributed by atoms with Crippen molar-refractivity contribution in [2.75, 3.05) is 12.3 Å². The second-order valence-electron chi connectivity index (χ2n) is 6.10. The summed E-state index contributed by atoms with van der Waals surface area (Å²) >= 11 is 1.55. The van der Waals surface area contributed by atoms with Gasteiger partial charge in [0.1, 0.15) is 12.4 Å². The van der Waals surface area contributed by atoms with Gasteiger partial charge in [0, 0.05) is 24.6 Å². The number of fused-ring (bicyclic) bond motifs is 1. The van der Waals surface area contributed by atoms with Crippen molar-refractivity contribution in [1.29, 1.82) is 0 Å². The lowest BCUT2D eigenvalue weighted by Gasteiger charge is -2.07. The molecule has 0 bridgehead atoms. The Morgan fingerprint density at radius 3 is 2.44 bits per heavy atom. The molecule has 0 saturated heterocycles. The second-order valence-corrected chi connectivity index (χ2v) is 7.20.